The quantitative estimate of drug-likeness (QED) is 0.568. The number of fused-ring (bicyclic) bond motifs is 3. The van der Waals surface area contributed by atoms with Crippen LogP contribution in [-0.4, -0.2) is 57.8 Å². The fourth-order valence-electron chi connectivity index (χ4n) is 5.66. The van der Waals surface area contributed by atoms with Crippen molar-refractivity contribution in [2.45, 2.75) is 38.0 Å². The average molecular weight is 500 g/mol. The van der Waals surface area contributed by atoms with E-state index in [2.05, 4.69) is 20.4 Å². The lowest BCUT2D eigenvalue weighted by molar-refractivity contribution is 0.0810. The van der Waals surface area contributed by atoms with Gasteiger partial charge in [-0.2, -0.15) is 10.1 Å². The number of nitrogens with one attached hydrogen (secondary N) is 1. The number of rotatable bonds is 5. The van der Waals surface area contributed by atoms with Crippen molar-refractivity contribution in [3.63, 3.8) is 0 Å². The Morgan fingerprint density at radius 3 is 2.77 bits per heavy atom. The molecule has 1 unspecified atom stereocenters. The molecule has 0 radical (unpaired) electrons. The number of methoxy groups -OCH3 is 1. The smallest absolute Gasteiger partial charge is 0.242 e. The molecule has 11 heteroatoms. The van der Waals surface area contributed by atoms with Crippen LogP contribution in [0.25, 0.3) is 0 Å². The van der Waals surface area contributed by atoms with Crippen LogP contribution < -0.4 is 15.0 Å². The van der Waals surface area contributed by atoms with Crippen molar-refractivity contribution in [2.75, 3.05) is 37.0 Å². The van der Waals surface area contributed by atoms with Gasteiger partial charge in [0.25, 0.3) is 0 Å². The van der Waals surface area contributed by atoms with Crippen LogP contribution in [-0.2, 0) is 11.3 Å². The summed E-state index contributed by atoms with van der Waals surface area (Å²) < 4.78 is 27.2. The van der Waals surface area contributed by atoms with E-state index in [9.17, 15) is 4.39 Å². The third kappa shape index (κ3) is 4.40. The van der Waals surface area contributed by atoms with Crippen LogP contribution in [0.2, 0.25) is 5.02 Å². The van der Waals surface area contributed by atoms with Gasteiger partial charge in [-0.25, -0.2) is 9.07 Å². The fraction of sp³-hybridized carbons (Fsp3) is 0.500. The van der Waals surface area contributed by atoms with Crippen molar-refractivity contribution in [2.24, 2.45) is 11.8 Å². The molecule has 1 saturated heterocycles. The number of hydrogen-bond acceptors (Lipinski definition) is 8. The fourth-order valence-corrected chi connectivity index (χ4v) is 5.89. The predicted octanol–water partition coefficient (Wildman–Crippen LogP) is 3.71. The number of hydrogen-bond donors (Lipinski definition) is 1. The molecule has 2 bridgehead atoms. The Morgan fingerprint density at radius 1 is 1.17 bits per heavy atom. The van der Waals surface area contributed by atoms with Crippen LogP contribution >= 0.6 is 11.6 Å². The highest BCUT2D eigenvalue weighted by molar-refractivity contribution is 6.30. The molecule has 2 aliphatic heterocycles. The topological polar surface area (TPSA) is 90.2 Å². The standard InChI is InChI=1S/C24H27ClFN7O2/c1-34-20-10-19(11-27-30-20)32-12-14-3-4-15(13-32)21(14)28-24-29-23-22(35-6-2-5-33(23)31-24)16-7-17(25)9-18(26)8-16/h7-11,14-15,21-22H,2-6,12-13H2,1H3,(H,28,31)/t14-,15+,21?,22-/m1/s1. The van der Waals surface area contributed by atoms with Crippen LogP contribution in [0.4, 0.5) is 16.0 Å². The lowest BCUT2D eigenvalue weighted by Gasteiger charge is -2.39. The second-order valence-corrected chi connectivity index (χ2v) is 9.89. The van der Waals surface area contributed by atoms with E-state index >= 15 is 0 Å². The summed E-state index contributed by atoms with van der Waals surface area (Å²) in [7, 11) is 1.60. The van der Waals surface area contributed by atoms with Gasteiger partial charge in [-0.3, -0.25) is 0 Å². The Morgan fingerprint density at radius 2 is 2.00 bits per heavy atom. The molecule has 1 aromatic carbocycles. The molecule has 184 valence electrons. The molecule has 0 spiro atoms. The van der Waals surface area contributed by atoms with Gasteiger partial charge in [0.1, 0.15) is 11.9 Å². The molecule has 35 heavy (non-hydrogen) atoms. The molecule has 0 amide bonds. The first-order chi connectivity index (χ1) is 17.1. The summed E-state index contributed by atoms with van der Waals surface area (Å²) in [6, 6.07) is 6.70. The Hall–Kier alpha value is -2.98. The second kappa shape index (κ2) is 9.23. The maximum atomic E-state index is 14.1. The molecule has 2 aromatic heterocycles. The highest BCUT2D eigenvalue weighted by Gasteiger charge is 2.43. The molecule has 2 fully saturated rings. The Balaban J connectivity index is 1.21. The summed E-state index contributed by atoms with van der Waals surface area (Å²) in [4.78, 5) is 7.19. The van der Waals surface area contributed by atoms with Crippen molar-refractivity contribution in [3.05, 3.63) is 52.7 Å². The van der Waals surface area contributed by atoms with Gasteiger partial charge >= 0.3 is 0 Å². The maximum absolute atomic E-state index is 14.1. The minimum absolute atomic E-state index is 0.289. The van der Waals surface area contributed by atoms with Crippen LogP contribution in [0.5, 0.6) is 5.88 Å². The van der Waals surface area contributed by atoms with Gasteiger partial charge in [0.05, 0.1) is 19.0 Å². The molecule has 6 rings (SSSR count). The minimum atomic E-state index is -0.513. The van der Waals surface area contributed by atoms with Gasteiger partial charge in [0, 0.05) is 43.4 Å². The Bertz CT molecular complexity index is 1190. The number of ether oxygens (including phenoxy) is 2. The molecule has 1 N–H and O–H groups in total. The maximum Gasteiger partial charge on any atom is 0.242 e. The van der Waals surface area contributed by atoms with E-state index in [-0.39, 0.29) is 6.04 Å². The van der Waals surface area contributed by atoms with Crippen molar-refractivity contribution in [1.82, 2.24) is 25.0 Å². The SMILES string of the molecule is COc1cc(N2C[C@H]3CC[C@@H](C2)C3Nc2nc3n(n2)CCCO[C@@H]3c2cc(F)cc(Cl)c2)cnn1. The number of nitrogens with zero attached hydrogens (tertiary/aromatic N) is 6. The Kier molecular flexibility index (Phi) is 5.93. The van der Waals surface area contributed by atoms with Crippen LogP contribution in [0.15, 0.2) is 30.5 Å². The van der Waals surface area contributed by atoms with Crippen molar-refractivity contribution in [3.8, 4) is 5.88 Å². The van der Waals surface area contributed by atoms with Gasteiger partial charge in [-0.15, -0.1) is 10.2 Å². The highest BCUT2D eigenvalue weighted by atomic mass is 35.5. The van der Waals surface area contributed by atoms with Crippen molar-refractivity contribution in [1.29, 1.82) is 0 Å². The number of piperidine rings is 1. The second-order valence-electron chi connectivity index (χ2n) is 9.45. The van der Waals surface area contributed by atoms with Gasteiger partial charge < -0.3 is 19.7 Å². The molecule has 1 saturated carbocycles. The average Bonchev–Trinajstić information content (AvgIpc) is 3.25. The molecule has 1 aliphatic carbocycles. The van der Waals surface area contributed by atoms with Gasteiger partial charge in [-0.05, 0) is 54.9 Å². The number of halogens is 2. The monoisotopic (exact) mass is 499 g/mol. The summed E-state index contributed by atoms with van der Waals surface area (Å²) in [5, 5.41) is 16.8. The van der Waals surface area contributed by atoms with E-state index in [0.29, 0.717) is 53.2 Å². The van der Waals surface area contributed by atoms with E-state index in [0.717, 1.165) is 38.0 Å². The van der Waals surface area contributed by atoms with E-state index in [1.165, 1.54) is 12.1 Å². The first-order valence-corrected chi connectivity index (χ1v) is 12.4. The molecule has 3 aromatic rings. The molecule has 3 aliphatic rings. The summed E-state index contributed by atoms with van der Waals surface area (Å²) >= 11 is 6.11. The number of benzene rings is 1. The third-order valence-corrected chi connectivity index (χ3v) is 7.46. The van der Waals surface area contributed by atoms with Gasteiger partial charge in [0.2, 0.25) is 11.8 Å². The highest BCUT2D eigenvalue weighted by Crippen LogP contribution is 2.40. The summed E-state index contributed by atoms with van der Waals surface area (Å²) in [6.07, 6.45) is 4.39. The van der Waals surface area contributed by atoms with E-state index in [1.807, 2.05) is 10.7 Å². The van der Waals surface area contributed by atoms with E-state index in [1.54, 1.807) is 19.4 Å². The van der Waals surface area contributed by atoms with E-state index < -0.39 is 11.9 Å². The lowest BCUT2D eigenvalue weighted by atomic mass is 9.92. The van der Waals surface area contributed by atoms with Crippen molar-refractivity contribution < 1.29 is 13.9 Å². The van der Waals surface area contributed by atoms with Crippen LogP contribution in [0.3, 0.4) is 0 Å². The zero-order chi connectivity index (χ0) is 23.9. The first-order valence-electron chi connectivity index (χ1n) is 12.0. The third-order valence-electron chi connectivity index (χ3n) is 7.24. The zero-order valence-electron chi connectivity index (χ0n) is 19.4. The molecule has 9 nitrogen and oxygen atoms in total. The largest absolute Gasteiger partial charge is 0.480 e. The molecule has 4 heterocycles. The van der Waals surface area contributed by atoms with Gasteiger partial charge in [0.15, 0.2) is 5.82 Å². The summed E-state index contributed by atoms with van der Waals surface area (Å²) in [5.41, 5.74) is 1.68. The zero-order valence-corrected chi connectivity index (χ0v) is 20.2. The normalized spacial score (nSPS) is 25.7. The number of anilines is 2. The lowest BCUT2D eigenvalue weighted by Crippen LogP contribution is -2.48. The van der Waals surface area contributed by atoms with Gasteiger partial charge in [-0.1, -0.05) is 11.6 Å². The van der Waals surface area contributed by atoms with Crippen molar-refractivity contribution >= 4 is 23.2 Å². The van der Waals surface area contributed by atoms with E-state index in [4.69, 9.17) is 31.2 Å². The number of aromatic nitrogens is 5. The molecular weight excluding hydrogens is 473 g/mol. The van der Waals surface area contributed by atoms with Crippen LogP contribution in [0, 0.1) is 17.7 Å². The molecule has 4 atom stereocenters. The Labute approximate surface area is 207 Å². The van der Waals surface area contributed by atoms with Crippen LogP contribution in [0.1, 0.15) is 36.8 Å². The summed E-state index contributed by atoms with van der Waals surface area (Å²) in [6.45, 7) is 3.09. The predicted molar refractivity (Wildman–Crippen MR) is 128 cm³/mol. The molecular formula is C24H27ClFN7O2. The summed E-state index contributed by atoms with van der Waals surface area (Å²) in [5.74, 6) is 2.33. The number of aryl methyl sites for hydroxylation is 1. The minimum Gasteiger partial charge on any atom is -0.480 e. The first kappa shape index (κ1) is 22.5.